The van der Waals surface area contributed by atoms with E-state index in [4.69, 9.17) is 0 Å². The van der Waals surface area contributed by atoms with Gasteiger partial charge >= 0.3 is 0 Å². The first-order valence-corrected chi connectivity index (χ1v) is 6.88. The van der Waals surface area contributed by atoms with Gasteiger partial charge in [0.25, 0.3) is 0 Å². The first-order valence-electron chi connectivity index (χ1n) is 5.84. The van der Waals surface area contributed by atoms with E-state index in [1.807, 2.05) is 6.07 Å². The molecule has 1 aliphatic carbocycles. The average Bonchev–Trinajstić information content (AvgIpc) is 2.70. The highest BCUT2D eigenvalue weighted by atomic mass is 32.2. The Kier molecular flexibility index (Phi) is 2.65. The summed E-state index contributed by atoms with van der Waals surface area (Å²) in [5.74, 6) is 0. The van der Waals surface area contributed by atoms with Gasteiger partial charge in [0.05, 0.1) is 0 Å². The van der Waals surface area contributed by atoms with Crippen LogP contribution in [-0.2, 0) is 16.7 Å². The first-order chi connectivity index (χ1) is 8.21. The minimum absolute atomic E-state index is 0.0759. The zero-order valence-electron chi connectivity index (χ0n) is 9.46. The maximum Gasteiger partial charge on any atom is 0.0209 e. The third-order valence-corrected chi connectivity index (χ3v) is 4.69. The molecule has 90 valence electrons. The van der Waals surface area contributed by atoms with Gasteiger partial charge in [-0.1, -0.05) is 36.4 Å². The van der Waals surface area contributed by atoms with E-state index in [-0.39, 0.29) is 5.41 Å². The number of allylic oxidation sites excluding steroid dienone is 1. The van der Waals surface area contributed by atoms with Gasteiger partial charge in [0.15, 0.2) is 0 Å². The van der Waals surface area contributed by atoms with Crippen LogP contribution in [0.1, 0.15) is 24.0 Å². The number of fused-ring (bicyclic) bond motifs is 2. The lowest BCUT2D eigenvalue weighted by atomic mass is 9.75. The van der Waals surface area contributed by atoms with E-state index >= 15 is 0 Å². The number of nitrogens with zero attached hydrogens (tertiary/aromatic N) is 1. The molecule has 1 fully saturated rings. The molecular formula is C13H14NO2S-. The second-order valence-corrected chi connectivity index (χ2v) is 5.67. The van der Waals surface area contributed by atoms with Crippen LogP contribution in [0.15, 0.2) is 30.3 Å². The molecule has 17 heavy (non-hydrogen) atoms. The summed E-state index contributed by atoms with van der Waals surface area (Å²) in [6.07, 6.45) is 6.19. The van der Waals surface area contributed by atoms with Crippen LogP contribution >= 0.6 is 0 Å². The van der Waals surface area contributed by atoms with Gasteiger partial charge in [0, 0.05) is 29.8 Å². The second kappa shape index (κ2) is 4.05. The molecule has 1 saturated heterocycles. The van der Waals surface area contributed by atoms with Gasteiger partial charge in [-0.2, -0.15) is 0 Å². The quantitative estimate of drug-likeness (QED) is 0.712. The maximum atomic E-state index is 10.9. The van der Waals surface area contributed by atoms with Gasteiger partial charge in [-0.15, -0.1) is 0 Å². The van der Waals surface area contributed by atoms with Crippen molar-refractivity contribution in [3.8, 4) is 0 Å². The van der Waals surface area contributed by atoms with Crippen molar-refractivity contribution in [3.63, 3.8) is 0 Å². The van der Waals surface area contributed by atoms with Gasteiger partial charge in [0.2, 0.25) is 0 Å². The molecule has 0 bridgehead atoms. The van der Waals surface area contributed by atoms with Gasteiger partial charge in [0.1, 0.15) is 0 Å². The van der Waals surface area contributed by atoms with Crippen LogP contribution in [0.25, 0.3) is 6.08 Å². The van der Waals surface area contributed by atoms with E-state index < -0.39 is 11.3 Å². The molecule has 0 radical (unpaired) electrons. The Labute approximate surface area is 104 Å². The summed E-state index contributed by atoms with van der Waals surface area (Å²) in [7, 11) is 0. The van der Waals surface area contributed by atoms with Crippen LogP contribution in [-0.4, -0.2) is 26.2 Å². The van der Waals surface area contributed by atoms with Crippen molar-refractivity contribution in [2.24, 2.45) is 0 Å². The van der Waals surface area contributed by atoms with E-state index in [9.17, 15) is 8.76 Å². The van der Waals surface area contributed by atoms with Gasteiger partial charge in [-0.25, -0.2) is 4.31 Å². The van der Waals surface area contributed by atoms with Crippen molar-refractivity contribution in [1.29, 1.82) is 0 Å². The van der Waals surface area contributed by atoms with Crippen LogP contribution in [0.5, 0.6) is 0 Å². The standard InChI is InChI=1S/C13H15NO2S/c15-17(16)14-9-7-13(8-10-14)6-5-11-3-1-2-4-12(11)13/h1-6H,7-10H2,(H,15,16)/p-1. The van der Waals surface area contributed by atoms with Crippen LogP contribution in [0.3, 0.4) is 0 Å². The molecule has 1 heterocycles. The van der Waals surface area contributed by atoms with Crippen LogP contribution in [0.2, 0.25) is 0 Å². The Morgan fingerprint density at radius 1 is 1.24 bits per heavy atom. The third-order valence-electron chi connectivity index (χ3n) is 3.90. The fourth-order valence-corrected chi connectivity index (χ4v) is 3.39. The summed E-state index contributed by atoms with van der Waals surface area (Å²) in [5, 5.41) is 0. The van der Waals surface area contributed by atoms with Crippen molar-refractivity contribution in [2.45, 2.75) is 18.3 Å². The molecule has 0 N–H and O–H groups in total. The molecular weight excluding hydrogens is 234 g/mol. The van der Waals surface area contributed by atoms with Gasteiger partial charge < -0.3 is 4.55 Å². The Morgan fingerprint density at radius 2 is 1.94 bits per heavy atom. The van der Waals surface area contributed by atoms with E-state index in [0.29, 0.717) is 13.1 Å². The molecule has 0 amide bonds. The second-order valence-electron chi connectivity index (χ2n) is 4.72. The Hall–Kier alpha value is -0.970. The molecule has 0 aromatic heterocycles. The van der Waals surface area contributed by atoms with Crippen LogP contribution < -0.4 is 0 Å². The lowest BCUT2D eigenvalue weighted by Crippen LogP contribution is -2.41. The van der Waals surface area contributed by atoms with E-state index in [2.05, 4.69) is 30.4 Å². The van der Waals surface area contributed by atoms with Crippen LogP contribution in [0, 0.1) is 0 Å². The minimum atomic E-state index is -2.07. The van der Waals surface area contributed by atoms with Gasteiger partial charge in [-0.05, 0) is 24.0 Å². The zero-order chi connectivity index (χ0) is 11.9. The lowest BCUT2D eigenvalue weighted by Gasteiger charge is -2.39. The lowest BCUT2D eigenvalue weighted by molar-refractivity contribution is 0.268. The summed E-state index contributed by atoms with van der Waals surface area (Å²) in [5.41, 5.74) is 2.72. The van der Waals surface area contributed by atoms with E-state index in [1.165, 1.54) is 15.4 Å². The fraction of sp³-hybridized carbons (Fsp3) is 0.385. The highest BCUT2D eigenvalue weighted by Gasteiger charge is 2.37. The minimum Gasteiger partial charge on any atom is -0.760 e. The maximum absolute atomic E-state index is 10.9. The summed E-state index contributed by atoms with van der Waals surface area (Å²) < 4.78 is 23.3. The highest BCUT2D eigenvalue weighted by molar-refractivity contribution is 7.76. The van der Waals surface area contributed by atoms with Crippen molar-refractivity contribution < 1.29 is 8.76 Å². The number of piperidine rings is 1. The summed E-state index contributed by atoms with van der Waals surface area (Å²) in [6, 6.07) is 8.40. The first kappa shape index (κ1) is 11.1. The smallest absolute Gasteiger partial charge is 0.0209 e. The number of hydrogen-bond acceptors (Lipinski definition) is 2. The summed E-state index contributed by atoms with van der Waals surface area (Å²) >= 11 is -2.07. The Morgan fingerprint density at radius 3 is 2.65 bits per heavy atom. The van der Waals surface area contributed by atoms with E-state index in [0.717, 1.165) is 12.8 Å². The zero-order valence-corrected chi connectivity index (χ0v) is 10.3. The monoisotopic (exact) mass is 248 g/mol. The fourth-order valence-electron chi connectivity index (χ4n) is 2.91. The molecule has 3 nitrogen and oxygen atoms in total. The normalized spacial score (nSPS) is 23.8. The molecule has 1 unspecified atom stereocenters. The predicted octanol–water partition coefficient (Wildman–Crippen LogP) is 1.84. The van der Waals surface area contributed by atoms with Crippen molar-refractivity contribution in [1.82, 2.24) is 4.31 Å². The SMILES string of the molecule is O=S([O-])N1CCC2(C=Cc3ccccc32)CC1. The third kappa shape index (κ3) is 1.76. The molecule has 1 aromatic rings. The molecule has 1 spiro atoms. The largest absolute Gasteiger partial charge is 0.760 e. The summed E-state index contributed by atoms with van der Waals surface area (Å²) in [4.78, 5) is 0. The Balaban J connectivity index is 1.87. The topological polar surface area (TPSA) is 43.4 Å². The molecule has 2 aliphatic rings. The number of rotatable bonds is 1. The van der Waals surface area contributed by atoms with Crippen molar-refractivity contribution in [2.75, 3.05) is 13.1 Å². The predicted molar refractivity (Wildman–Crippen MR) is 66.9 cm³/mol. The molecule has 4 heteroatoms. The average molecular weight is 248 g/mol. The van der Waals surface area contributed by atoms with E-state index in [1.54, 1.807) is 0 Å². The molecule has 1 aliphatic heterocycles. The number of benzene rings is 1. The Bertz CT molecular complexity index is 490. The molecule has 0 saturated carbocycles. The van der Waals surface area contributed by atoms with Crippen LogP contribution in [0.4, 0.5) is 0 Å². The van der Waals surface area contributed by atoms with Gasteiger partial charge in [-0.3, -0.25) is 4.21 Å². The molecule has 3 rings (SSSR count). The van der Waals surface area contributed by atoms with Crippen molar-refractivity contribution >= 4 is 17.3 Å². The number of hydrogen-bond donors (Lipinski definition) is 0. The van der Waals surface area contributed by atoms with Crippen molar-refractivity contribution in [3.05, 3.63) is 41.5 Å². The molecule has 1 atom stereocenters. The molecule has 1 aromatic carbocycles. The highest BCUT2D eigenvalue weighted by Crippen LogP contribution is 2.43. The summed E-state index contributed by atoms with van der Waals surface area (Å²) in [6.45, 7) is 1.24.